The summed E-state index contributed by atoms with van der Waals surface area (Å²) < 4.78 is 0. The van der Waals surface area contributed by atoms with Gasteiger partial charge in [-0.25, -0.2) is 0 Å². The van der Waals surface area contributed by atoms with E-state index in [9.17, 15) is 0 Å². The first-order valence-corrected chi connectivity index (χ1v) is 4.81. The topological polar surface area (TPSA) is 29.3 Å². The second-order valence-corrected chi connectivity index (χ2v) is 3.56. The highest BCUT2D eigenvalue weighted by molar-refractivity contribution is 4.74. The Labute approximate surface area is 69.8 Å². The van der Waals surface area contributed by atoms with Crippen molar-refractivity contribution >= 4 is 0 Å². The first-order valence-electron chi connectivity index (χ1n) is 4.81. The van der Waals surface area contributed by atoms with E-state index in [4.69, 9.17) is 5.73 Å². The normalized spacial score (nSPS) is 21.3. The van der Waals surface area contributed by atoms with Crippen LogP contribution in [0.3, 0.4) is 0 Å². The molecule has 0 aliphatic carbocycles. The number of likely N-dealkylation sites (tertiary alicyclic amines) is 1. The molecular formula is C9H20N2. The Morgan fingerprint density at radius 2 is 2.18 bits per heavy atom. The van der Waals surface area contributed by atoms with Gasteiger partial charge in [-0.3, -0.25) is 0 Å². The molecule has 0 bridgehead atoms. The SMILES string of the molecule is CCCCC(N)CN1CCC1. The van der Waals surface area contributed by atoms with Crippen molar-refractivity contribution in [3.05, 3.63) is 0 Å². The van der Waals surface area contributed by atoms with Crippen LogP contribution in [0.1, 0.15) is 32.6 Å². The molecule has 2 heteroatoms. The Balaban J connectivity index is 1.95. The van der Waals surface area contributed by atoms with Crippen molar-refractivity contribution in [2.24, 2.45) is 5.73 Å². The summed E-state index contributed by atoms with van der Waals surface area (Å²) >= 11 is 0. The van der Waals surface area contributed by atoms with Gasteiger partial charge >= 0.3 is 0 Å². The first kappa shape index (κ1) is 9.01. The number of rotatable bonds is 5. The zero-order chi connectivity index (χ0) is 8.10. The largest absolute Gasteiger partial charge is 0.327 e. The monoisotopic (exact) mass is 156 g/mol. The van der Waals surface area contributed by atoms with Crippen LogP contribution >= 0.6 is 0 Å². The maximum Gasteiger partial charge on any atom is 0.0167 e. The Bertz CT molecular complexity index is 99.7. The van der Waals surface area contributed by atoms with Crippen LogP contribution in [0.15, 0.2) is 0 Å². The molecule has 1 rings (SSSR count). The lowest BCUT2D eigenvalue weighted by atomic mass is 10.1. The number of unbranched alkanes of at least 4 members (excludes halogenated alkanes) is 1. The highest BCUT2D eigenvalue weighted by Crippen LogP contribution is 2.07. The van der Waals surface area contributed by atoms with Gasteiger partial charge in [0.25, 0.3) is 0 Å². The number of hydrogen-bond donors (Lipinski definition) is 1. The molecule has 0 amide bonds. The molecule has 0 saturated carbocycles. The number of hydrogen-bond acceptors (Lipinski definition) is 2. The van der Waals surface area contributed by atoms with E-state index in [-0.39, 0.29) is 0 Å². The zero-order valence-corrected chi connectivity index (χ0v) is 7.55. The number of nitrogens with two attached hydrogens (primary N) is 1. The minimum Gasteiger partial charge on any atom is -0.327 e. The summed E-state index contributed by atoms with van der Waals surface area (Å²) in [6.07, 6.45) is 5.14. The van der Waals surface area contributed by atoms with Gasteiger partial charge in [0, 0.05) is 12.6 Å². The van der Waals surface area contributed by atoms with Crippen LogP contribution in [0.4, 0.5) is 0 Å². The summed E-state index contributed by atoms with van der Waals surface area (Å²) in [5, 5.41) is 0. The Hall–Kier alpha value is -0.0800. The molecule has 1 saturated heterocycles. The lowest BCUT2D eigenvalue weighted by Crippen LogP contribution is -2.44. The molecule has 0 aromatic carbocycles. The van der Waals surface area contributed by atoms with Crippen molar-refractivity contribution in [3.8, 4) is 0 Å². The summed E-state index contributed by atoms with van der Waals surface area (Å²) in [6, 6.07) is 0.426. The van der Waals surface area contributed by atoms with Gasteiger partial charge in [-0.2, -0.15) is 0 Å². The Morgan fingerprint density at radius 3 is 2.64 bits per heavy atom. The molecule has 1 atom stereocenters. The Kier molecular flexibility index (Phi) is 3.87. The van der Waals surface area contributed by atoms with E-state index in [0.717, 1.165) is 6.54 Å². The summed E-state index contributed by atoms with van der Waals surface area (Å²) in [4.78, 5) is 2.44. The molecule has 1 unspecified atom stereocenters. The highest BCUT2D eigenvalue weighted by Gasteiger charge is 2.15. The second kappa shape index (κ2) is 4.73. The van der Waals surface area contributed by atoms with E-state index >= 15 is 0 Å². The van der Waals surface area contributed by atoms with Gasteiger partial charge in [-0.1, -0.05) is 19.8 Å². The molecule has 1 aliphatic rings. The summed E-state index contributed by atoms with van der Waals surface area (Å²) in [7, 11) is 0. The molecule has 2 nitrogen and oxygen atoms in total. The molecule has 1 heterocycles. The van der Waals surface area contributed by atoms with E-state index < -0.39 is 0 Å². The minimum absolute atomic E-state index is 0.426. The highest BCUT2D eigenvalue weighted by atomic mass is 15.2. The fourth-order valence-corrected chi connectivity index (χ4v) is 1.45. The van der Waals surface area contributed by atoms with Crippen LogP contribution in [0.25, 0.3) is 0 Å². The third-order valence-electron chi connectivity index (χ3n) is 2.37. The third kappa shape index (κ3) is 3.21. The van der Waals surface area contributed by atoms with Crippen molar-refractivity contribution in [2.75, 3.05) is 19.6 Å². The van der Waals surface area contributed by atoms with Crippen molar-refractivity contribution < 1.29 is 0 Å². The standard InChI is InChI=1S/C9H20N2/c1-2-3-5-9(10)8-11-6-4-7-11/h9H,2-8,10H2,1H3. The molecule has 1 aliphatic heterocycles. The van der Waals surface area contributed by atoms with Gasteiger partial charge in [-0.15, -0.1) is 0 Å². The molecular weight excluding hydrogens is 136 g/mol. The average molecular weight is 156 g/mol. The van der Waals surface area contributed by atoms with E-state index in [0.29, 0.717) is 6.04 Å². The predicted molar refractivity (Wildman–Crippen MR) is 48.6 cm³/mol. The fourth-order valence-electron chi connectivity index (χ4n) is 1.45. The molecule has 11 heavy (non-hydrogen) atoms. The summed E-state index contributed by atoms with van der Waals surface area (Å²) in [5.41, 5.74) is 5.93. The van der Waals surface area contributed by atoms with Crippen LogP contribution < -0.4 is 5.73 Å². The van der Waals surface area contributed by atoms with Gasteiger partial charge in [0.05, 0.1) is 0 Å². The van der Waals surface area contributed by atoms with Crippen molar-refractivity contribution in [2.45, 2.75) is 38.6 Å². The fraction of sp³-hybridized carbons (Fsp3) is 1.00. The lowest BCUT2D eigenvalue weighted by molar-refractivity contribution is 0.167. The van der Waals surface area contributed by atoms with Crippen LogP contribution in [-0.2, 0) is 0 Å². The number of nitrogens with zero attached hydrogens (tertiary/aromatic N) is 1. The van der Waals surface area contributed by atoms with Crippen LogP contribution in [0, 0.1) is 0 Å². The summed E-state index contributed by atoms with van der Waals surface area (Å²) in [6.45, 7) is 5.90. The maximum absolute atomic E-state index is 5.93. The van der Waals surface area contributed by atoms with E-state index in [1.165, 1.54) is 38.8 Å². The van der Waals surface area contributed by atoms with Gasteiger partial charge in [0.2, 0.25) is 0 Å². The van der Waals surface area contributed by atoms with Gasteiger partial charge in [-0.05, 0) is 25.9 Å². The van der Waals surface area contributed by atoms with E-state index in [2.05, 4.69) is 11.8 Å². The average Bonchev–Trinajstić information content (AvgIpc) is 1.93. The molecule has 0 aromatic heterocycles. The van der Waals surface area contributed by atoms with E-state index in [1.54, 1.807) is 0 Å². The molecule has 0 spiro atoms. The summed E-state index contributed by atoms with van der Waals surface area (Å²) in [5.74, 6) is 0. The second-order valence-electron chi connectivity index (χ2n) is 3.56. The van der Waals surface area contributed by atoms with Crippen molar-refractivity contribution in [1.29, 1.82) is 0 Å². The third-order valence-corrected chi connectivity index (χ3v) is 2.37. The van der Waals surface area contributed by atoms with Gasteiger partial charge in [0.1, 0.15) is 0 Å². The van der Waals surface area contributed by atoms with Crippen molar-refractivity contribution in [1.82, 2.24) is 4.90 Å². The molecule has 1 fully saturated rings. The lowest BCUT2D eigenvalue weighted by Gasteiger charge is -2.32. The van der Waals surface area contributed by atoms with Crippen LogP contribution in [0.2, 0.25) is 0 Å². The van der Waals surface area contributed by atoms with Crippen molar-refractivity contribution in [3.63, 3.8) is 0 Å². The first-order chi connectivity index (χ1) is 5.33. The van der Waals surface area contributed by atoms with Gasteiger partial charge < -0.3 is 10.6 Å². The zero-order valence-electron chi connectivity index (χ0n) is 7.55. The van der Waals surface area contributed by atoms with Crippen LogP contribution in [-0.4, -0.2) is 30.6 Å². The van der Waals surface area contributed by atoms with E-state index in [1.807, 2.05) is 0 Å². The van der Waals surface area contributed by atoms with Gasteiger partial charge in [0.15, 0.2) is 0 Å². The Morgan fingerprint density at radius 1 is 1.45 bits per heavy atom. The predicted octanol–water partition coefficient (Wildman–Crippen LogP) is 1.21. The van der Waals surface area contributed by atoms with Crippen LogP contribution in [0.5, 0.6) is 0 Å². The minimum atomic E-state index is 0.426. The molecule has 0 aromatic rings. The quantitative estimate of drug-likeness (QED) is 0.648. The maximum atomic E-state index is 5.93. The molecule has 66 valence electrons. The molecule has 2 N–H and O–H groups in total. The molecule has 0 radical (unpaired) electrons. The smallest absolute Gasteiger partial charge is 0.0167 e.